The number of fused-ring (bicyclic) bond motifs is 1. The highest BCUT2D eigenvalue weighted by atomic mass is 32.1. The number of hydrogen-bond donors (Lipinski definition) is 0. The fourth-order valence-corrected chi connectivity index (χ4v) is 4.14. The lowest BCUT2D eigenvalue weighted by molar-refractivity contribution is 0.306. The number of unbranched alkanes of at least 4 members (excludes halogenated alkanes) is 2. The van der Waals surface area contributed by atoms with Crippen LogP contribution in [0.4, 0.5) is 0 Å². The highest BCUT2D eigenvalue weighted by Gasteiger charge is 2.12. The zero-order chi connectivity index (χ0) is 22.3. The molecule has 4 rings (SSSR count). The molecule has 6 nitrogen and oxygen atoms in total. The largest absolute Gasteiger partial charge is 0.494 e. The molecule has 0 saturated carbocycles. The van der Waals surface area contributed by atoms with Crippen molar-refractivity contribution in [2.75, 3.05) is 13.2 Å². The zero-order valence-corrected chi connectivity index (χ0v) is 19.2. The summed E-state index contributed by atoms with van der Waals surface area (Å²) in [5.74, 6) is 2.20. The standard InChI is InChI=1S/C25H27N3O3S/c1-3-5-6-16-31-21-13-9-19(10-14-21)23-26-25-28(27-23)24(29)22(32-25)17-18-7-11-20(12-8-18)30-15-4-2/h7-14,17H,3-6,15-16H2,1-2H3. The van der Waals surface area contributed by atoms with E-state index >= 15 is 0 Å². The normalized spacial score (nSPS) is 11.9. The average Bonchev–Trinajstić information content (AvgIpc) is 3.36. The number of ether oxygens (including phenoxy) is 2. The molecule has 0 bridgehead atoms. The quantitative estimate of drug-likeness (QED) is 0.328. The van der Waals surface area contributed by atoms with Gasteiger partial charge < -0.3 is 9.47 Å². The smallest absolute Gasteiger partial charge is 0.291 e. The topological polar surface area (TPSA) is 65.7 Å². The molecular formula is C25H27N3O3S. The van der Waals surface area contributed by atoms with Crippen molar-refractivity contribution in [3.63, 3.8) is 0 Å². The molecule has 2 aromatic heterocycles. The van der Waals surface area contributed by atoms with E-state index in [-0.39, 0.29) is 5.56 Å². The van der Waals surface area contributed by atoms with E-state index in [1.807, 2.05) is 54.6 Å². The van der Waals surface area contributed by atoms with Gasteiger partial charge in [0.1, 0.15) is 11.5 Å². The van der Waals surface area contributed by atoms with Crippen LogP contribution in [0.3, 0.4) is 0 Å². The molecule has 0 fully saturated rings. The van der Waals surface area contributed by atoms with Gasteiger partial charge in [-0.1, -0.05) is 50.2 Å². The SMILES string of the molecule is CCCCCOc1ccc(-c2nc3sc(=Cc4ccc(OCCC)cc4)c(=O)n3n2)cc1. The number of rotatable bonds is 10. The predicted molar refractivity (Wildman–Crippen MR) is 129 cm³/mol. The highest BCUT2D eigenvalue weighted by molar-refractivity contribution is 7.15. The lowest BCUT2D eigenvalue weighted by atomic mass is 10.2. The van der Waals surface area contributed by atoms with E-state index in [4.69, 9.17) is 9.47 Å². The summed E-state index contributed by atoms with van der Waals surface area (Å²) in [6, 6.07) is 15.4. The molecule has 166 valence electrons. The van der Waals surface area contributed by atoms with Gasteiger partial charge in [-0.05, 0) is 60.9 Å². The van der Waals surface area contributed by atoms with Gasteiger partial charge in [-0.2, -0.15) is 9.50 Å². The first-order valence-corrected chi connectivity index (χ1v) is 11.9. The zero-order valence-electron chi connectivity index (χ0n) is 18.4. The molecule has 32 heavy (non-hydrogen) atoms. The van der Waals surface area contributed by atoms with Gasteiger partial charge in [0, 0.05) is 5.56 Å². The van der Waals surface area contributed by atoms with Gasteiger partial charge in [0.25, 0.3) is 5.56 Å². The second-order valence-corrected chi connectivity index (χ2v) is 8.55. The maximum atomic E-state index is 12.8. The molecule has 0 atom stereocenters. The van der Waals surface area contributed by atoms with Crippen LogP contribution in [0.15, 0.2) is 53.3 Å². The van der Waals surface area contributed by atoms with Crippen molar-refractivity contribution in [2.45, 2.75) is 39.5 Å². The molecule has 4 aromatic rings. The third-order valence-electron chi connectivity index (χ3n) is 4.96. The van der Waals surface area contributed by atoms with Crippen molar-refractivity contribution in [3.05, 3.63) is 69.0 Å². The summed E-state index contributed by atoms with van der Waals surface area (Å²) in [4.78, 5) is 17.9. The van der Waals surface area contributed by atoms with Crippen molar-refractivity contribution < 1.29 is 9.47 Å². The molecular weight excluding hydrogens is 422 g/mol. The van der Waals surface area contributed by atoms with Crippen LogP contribution in [0.25, 0.3) is 22.4 Å². The van der Waals surface area contributed by atoms with Crippen LogP contribution >= 0.6 is 11.3 Å². The second kappa shape index (κ2) is 10.4. The van der Waals surface area contributed by atoms with Gasteiger partial charge in [-0.25, -0.2) is 0 Å². The number of nitrogens with zero attached hydrogens (tertiary/aromatic N) is 3. The summed E-state index contributed by atoms with van der Waals surface area (Å²) < 4.78 is 13.3. The number of benzene rings is 2. The lowest BCUT2D eigenvalue weighted by Crippen LogP contribution is -2.23. The van der Waals surface area contributed by atoms with E-state index in [1.54, 1.807) is 0 Å². The second-order valence-electron chi connectivity index (χ2n) is 7.54. The first kappa shape index (κ1) is 22.0. The summed E-state index contributed by atoms with van der Waals surface area (Å²) >= 11 is 1.34. The molecule has 0 aliphatic rings. The van der Waals surface area contributed by atoms with Crippen LogP contribution in [0.5, 0.6) is 11.5 Å². The number of thiazole rings is 1. The van der Waals surface area contributed by atoms with Gasteiger partial charge in [-0.15, -0.1) is 5.10 Å². The molecule has 0 N–H and O–H groups in total. The van der Waals surface area contributed by atoms with Gasteiger partial charge >= 0.3 is 0 Å². The Bertz CT molecular complexity index is 1260. The molecule has 0 radical (unpaired) electrons. The minimum Gasteiger partial charge on any atom is -0.494 e. The molecule has 0 aliphatic carbocycles. The van der Waals surface area contributed by atoms with E-state index in [9.17, 15) is 4.79 Å². The molecule has 0 unspecified atom stereocenters. The Balaban J connectivity index is 1.50. The monoisotopic (exact) mass is 449 g/mol. The summed E-state index contributed by atoms with van der Waals surface area (Å²) in [5.41, 5.74) is 1.63. The Labute approximate surface area is 191 Å². The van der Waals surface area contributed by atoms with Gasteiger partial charge in [0.05, 0.1) is 17.7 Å². The van der Waals surface area contributed by atoms with E-state index in [1.165, 1.54) is 28.7 Å². The Kier molecular flexibility index (Phi) is 7.17. The van der Waals surface area contributed by atoms with Gasteiger partial charge in [0.15, 0.2) is 5.82 Å². The van der Waals surface area contributed by atoms with Crippen LogP contribution in [-0.4, -0.2) is 27.8 Å². The van der Waals surface area contributed by atoms with Crippen molar-refractivity contribution in [2.24, 2.45) is 0 Å². The Hall–Kier alpha value is -3.19. The Morgan fingerprint density at radius 2 is 1.59 bits per heavy atom. The van der Waals surface area contributed by atoms with Gasteiger partial charge in [-0.3, -0.25) is 4.79 Å². The maximum absolute atomic E-state index is 12.8. The molecule has 0 spiro atoms. The van der Waals surface area contributed by atoms with Gasteiger partial charge in [0.2, 0.25) is 4.96 Å². The number of aromatic nitrogens is 3. The van der Waals surface area contributed by atoms with Crippen LogP contribution in [0.2, 0.25) is 0 Å². The van der Waals surface area contributed by atoms with Crippen LogP contribution in [-0.2, 0) is 0 Å². The Morgan fingerprint density at radius 1 is 0.906 bits per heavy atom. The number of hydrogen-bond acceptors (Lipinski definition) is 6. The molecule has 0 amide bonds. The maximum Gasteiger partial charge on any atom is 0.291 e. The van der Waals surface area contributed by atoms with Crippen molar-refractivity contribution in [1.82, 2.24) is 14.6 Å². The lowest BCUT2D eigenvalue weighted by Gasteiger charge is -2.05. The van der Waals surface area contributed by atoms with E-state index in [2.05, 4.69) is 23.9 Å². The first-order chi connectivity index (χ1) is 15.7. The highest BCUT2D eigenvalue weighted by Crippen LogP contribution is 2.21. The molecule has 2 heterocycles. The van der Waals surface area contributed by atoms with E-state index in [0.29, 0.717) is 21.9 Å². The first-order valence-electron chi connectivity index (χ1n) is 11.1. The summed E-state index contributed by atoms with van der Waals surface area (Å²) in [5, 5.41) is 4.43. The fourth-order valence-electron chi connectivity index (χ4n) is 3.23. The van der Waals surface area contributed by atoms with Crippen molar-refractivity contribution in [3.8, 4) is 22.9 Å². The van der Waals surface area contributed by atoms with Crippen LogP contribution in [0, 0.1) is 0 Å². The third kappa shape index (κ3) is 5.16. The van der Waals surface area contributed by atoms with E-state index < -0.39 is 0 Å². The Morgan fingerprint density at radius 3 is 2.25 bits per heavy atom. The summed E-state index contributed by atoms with van der Waals surface area (Å²) in [7, 11) is 0. The molecule has 7 heteroatoms. The summed E-state index contributed by atoms with van der Waals surface area (Å²) in [6.07, 6.45) is 6.22. The minimum atomic E-state index is -0.161. The molecule has 0 aliphatic heterocycles. The van der Waals surface area contributed by atoms with Crippen molar-refractivity contribution >= 4 is 22.4 Å². The van der Waals surface area contributed by atoms with E-state index in [0.717, 1.165) is 42.1 Å². The third-order valence-corrected chi connectivity index (χ3v) is 5.92. The fraction of sp³-hybridized carbons (Fsp3) is 0.320. The summed E-state index contributed by atoms with van der Waals surface area (Å²) in [6.45, 7) is 5.66. The van der Waals surface area contributed by atoms with Crippen LogP contribution < -0.4 is 19.6 Å². The van der Waals surface area contributed by atoms with Crippen molar-refractivity contribution in [1.29, 1.82) is 0 Å². The molecule has 0 saturated heterocycles. The molecule has 2 aromatic carbocycles. The van der Waals surface area contributed by atoms with Crippen LogP contribution in [0.1, 0.15) is 45.1 Å². The minimum absolute atomic E-state index is 0.161. The predicted octanol–water partition coefficient (Wildman–Crippen LogP) is 4.72. The average molecular weight is 450 g/mol.